The zero-order chi connectivity index (χ0) is 26.0. The van der Waals surface area contributed by atoms with E-state index in [4.69, 9.17) is 14.2 Å². The van der Waals surface area contributed by atoms with Crippen LogP contribution >= 0.6 is 0 Å². The molecule has 1 amide bonds. The molecule has 0 radical (unpaired) electrons. The van der Waals surface area contributed by atoms with Crippen LogP contribution < -0.4 is 10.1 Å². The van der Waals surface area contributed by atoms with Crippen LogP contribution in [-0.4, -0.2) is 30.4 Å². The molecule has 1 N–H and O–H groups in total. The van der Waals surface area contributed by atoms with Crippen molar-refractivity contribution in [3.8, 4) is 5.88 Å². The number of nitrogens with one attached hydrogen (secondary N) is 1. The third-order valence-corrected chi connectivity index (χ3v) is 7.01. The van der Waals surface area contributed by atoms with Gasteiger partial charge in [-0.3, -0.25) is 0 Å². The summed E-state index contributed by atoms with van der Waals surface area (Å²) in [7, 11) is 0. The quantitative estimate of drug-likeness (QED) is 0.187. The predicted octanol–water partition coefficient (Wildman–Crippen LogP) is 7.15. The number of ether oxygens (including phenoxy) is 3. The lowest BCUT2D eigenvalue weighted by atomic mass is 9.63. The first kappa shape index (κ1) is 27.8. The topological polar surface area (TPSA) is 86.8 Å². The molecule has 3 rings (SSSR count). The van der Waals surface area contributed by atoms with Gasteiger partial charge >= 0.3 is 12.2 Å². The van der Waals surface area contributed by atoms with E-state index >= 15 is 0 Å². The van der Waals surface area contributed by atoms with E-state index < -0.39 is 17.8 Å². The average molecular weight is 499 g/mol. The number of carbonyl (C=O) groups excluding carboxylic acids is 2. The Morgan fingerprint density at radius 3 is 2.42 bits per heavy atom. The number of nitrogens with zero attached hydrogens (tertiary/aromatic N) is 1. The van der Waals surface area contributed by atoms with Crippen LogP contribution in [0.1, 0.15) is 96.7 Å². The summed E-state index contributed by atoms with van der Waals surface area (Å²) in [6.45, 7) is 9.15. The molecule has 0 aliphatic heterocycles. The highest BCUT2D eigenvalue weighted by Gasteiger charge is 2.48. The van der Waals surface area contributed by atoms with Crippen molar-refractivity contribution < 1.29 is 23.8 Å². The van der Waals surface area contributed by atoms with E-state index in [9.17, 15) is 9.59 Å². The molecule has 2 aliphatic carbocycles. The smallest absolute Gasteiger partial charge is 0.450 e. The van der Waals surface area contributed by atoms with Gasteiger partial charge in [0.15, 0.2) is 0 Å². The Labute approximate surface area is 215 Å². The van der Waals surface area contributed by atoms with Crippen LogP contribution in [0.25, 0.3) is 0 Å². The number of carbonyl (C=O) groups is 2. The van der Waals surface area contributed by atoms with E-state index in [1.807, 2.05) is 13.0 Å². The van der Waals surface area contributed by atoms with Crippen molar-refractivity contribution in [2.45, 2.75) is 97.4 Å². The normalized spacial score (nSPS) is 21.4. The van der Waals surface area contributed by atoms with Gasteiger partial charge in [-0.1, -0.05) is 70.1 Å². The maximum atomic E-state index is 12.9. The molecule has 1 aromatic rings. The molecule has 7 heteroatoms. The monoisotopic (exact) mass is 498 g/mol. The van der Waals surface area contributed by atoms with E-state index in [0.717, 1.165) is 68.2 Å². The van der Waals surface area contributed by atoms with Crippen LogP contribution in [0.4, 0.5) is 9.59 Å². The van der Waals surface area contributed by atoms with Gasteiger partial charge < -0.3 is 19.5 Å². The van der Waals surface area contributed by atoms with E-state index in [0.29, 0.717) is 26.1 Å². The predicted molar refractivity (Wildman–Crippen MR) is 140 cm³/mol. The summed E-state index contributed by atoms with van der Waals surface area (Å²) in [6.07, 6.45) is 12.8. The standard InChI is InChI=1S/C29H42N2O5/c1-5-8-10-12-16-34-27(32)31-29-20-21(4)18-22(23(29)7-3)19-25-24(29)14-15-26(30-25)36-28(33)35-17-13-11-9-6-2/h7,14-15,18,22H,5-6,8-13,16-17,19-20H2,1-4H3,(H,31,32)/b23-7-. The van der Waals surface area contributed by atoms with Crippen molar-refractivity contribution in [3.63, 3.8) is 0 Å². The molecule has 1 aromatic heterocycles. The molecule has 0 saturated heterocycles. The Kier molecular flexibility index (Phi) is 10.4. The SMILES string of the molecule is C/C=C1/C2C=C(C)CC1(NC(=O)OCCCCCC)c1ccc(OC(=O)OCCCCCC)nc1C2. The first-order valence-corrected chi connectivity index (χ1v) is 13.6. The van der Waals surface area contributed by atoms with Crippen molar-refractivity contribution in [1.82, 2.24) is 10.3 Å². The molecule has 1 heterocycles. The van der Waals surface area contributed by atoms with Crippen molar-refractivity contribution in [1.29, 1.82) is 0 Å². The molecule has 0 saturated carbocycles. The van der Waals surface area contributed by atoms with E-state index in [1.54, 1.807) is 6.07 Å². The fourth-order valence-corrected chi connectivity index (χ4v) is 5.39. The van der Waals surface area contributed by atoms with Gasteiger partial charge in [-0.15, -0.1) is 0 Å². The summed E-state index contributed by atoms with van der Waals surface area (Å²) in [4.78, 5) is 29.7. The van der Waals surface area contributed by atoms with Gasteiger partial charge in [0.1, 0.15) is 0 Å². The van der Waals surface area contributed by atoms with Gasteiger partial charge in [-0.05, 0) is 44.7 Å². The number of aromatic nitrogens is 1. The molecule has 0 aromatic carbocycles. The highest BCUT2D eigenvalue weighted by molar-refractivity contribution is 5.71. The number of allylic oxidation sites excluding steroid dienone is 2. The molecule has 2 aliphatic rings. The molecular weight excluding hydrogens is 456 g/mol. The Bertz CT molecular complexity index is 970. The lowest BCUT2D eigenvalue weighted by molar-refractivity contribution is 0.0956. The largest absolute Gasteiger partial charge is 0.515 e. The summed E-state index contributed by atoms with van der Waals surface area (Å²) in [5.74, 6) is 0.318. The van der Waals surface area contributed by atoms with Crippen LogP contribution in [0.15, 0.2) is 35.4 Å². The lowest BCUT2D eigenvalue weighted by Crippen LogP contribution is -2.53. The molecule has 7 nitrogen and oxygen atoms in total. The van der Waals surface area contributed by atoms with Gasteiger partial charge in [0.2, 0.25) is 5.88 Å². The van der Waals surface area contributed by atoms with Crippen molar-refractivity contribution in [2.24, 2.45) is 5.92 Å². The number of unbranched alkanes of at least 4 members (excludes halogenated alkanes) is 6. The van der Waals surface area contributed by atoms with E-state index in [2.05, 4.69) is 43.2 Å². The van der Waals surface area contributed by atoms with Crippen LogP contribution in [0, 0.1) is 5.92 Å². The Balaban J connectivity index is 1.75. The van der Waals surface area contributed by atoms with Crippen molar-refractivity contribution in [2.75, 3.05) is 13.2 Å². The highest BCUT2D eigenvalue weighted by atomic mass is 16.7. The third kappa shape index (κ3) is 6.89. The molecule has 2 bridgehead atoms. The zero-order valence-electron chi connectivity index (χ0n) is 22.4. The van der Waals surface area contributed by atoms with Crippen LogP contribution in [0.2, 0.25) is 0 Å². The molecule has 2 atom stereocenters. The molecule has 0 fully saturated rings. The van der Waals surface area contributed by atoms with Gasteiger partial charge in [0.05, 0.1) is 24.4 Å². The van der Waals surface area contributed by atoms with Crippen LogP contribution in [0.3, 0.4) is 0 Å². The Morgan fingerprint density at radius 2 is 1.75 bits per heavy atom. The van der Waals surface area contributed by atoms with Crippen molar-refractivity contribution in [3.05, 3.63) is 46.7 Å². The first-order chi connectivity index (χ1) is 17.4. The minimum Gasteiger partial charge on any atom is -0.450 e. The number of alkyl carbamates (subject to hydrolysis) is 1. The summed E-state index contributed by atoms with van der Waals surface area (Å²) in [5.41, 5.74) is 3.36. The van der Waals surface area contributed by atoms with Crippen LogP contribution in [-0.2, 0) is 21.4 Å². The highest BCUT2D eigenvalue weighted by Crippen LogP contribution is 2.50. The summed E-state index contributed by atoms with van der Waals surface area (Å²) in [5, 5.41) is 3.20. The van der Waals surface area contributed by atoms with Gasteiger partial charge in [0, 0.05) is 24.0 Å². The minimum atomic E-state index is -0.737. The number of fused-ring (bicyclic) bond motifs is 4. The maximum absolute atomic E-state index is 12.9. The second-order valence-corrected chi connectivity index (χ2v) is 9.88. The summed E-state index contributed by atoms with van der Waals surface area (Å²) >= 11 is 0. The summed E-state index contributed by atoms with van der Waals surface area (Å²) in [6, 6.07) is 3.59. The average Bonchev–Trinajstić information content (AvgIpc) is 2.83. The molecule has 0 spiro atoms. The number of hydrogen-bond donors (Lipinski definition) is 1. The molecule has 2 unspecified atom stereocenters. The number of hydrogen-bond acceptors (Lipinski definition) is 6. The van der Waals surface area contributed by atoms with E-state index in [-0.39, 0.29) is 11.8 Å². The van der Waals surface area contributed by atoms with Crippen LogP contribution in [0.5, 0.6) is 5.88 Å². The number of pyridine rings is 1. The third-order valence-electron chi connectivity index (χ3n) is 7.01. The van der Waals surface area contributed by atoms with Gasteiger partial charge in [-0.25, -0.2) is 14.6 Å². The minimum absolute atomic E-state index is 0.106. The Morgan fingerprint density at radius 1 is 1.06 bits per heavy atom. The maximum Gasteiger partial charge on any atom is 0.515 e. The molecule has 198 valence electrons. The van der Waals surface area contributed by atoms with Gasteiger partial charge in [0.25, 0.3) is 0 Å². The molecular formula is C29H42N2O5. The van der Waals surface area contributed by atoms with Gasteiger partial charge in [-0.2, -0.15) is 0 Å². The zero-order valence-corrected chi connectivity index (χ0v) is 22.4. The lowest BCUT2D eigenvalue weighted by Gasteiger charge is -2.47. The second-order valence-electron chi connectivity index (χ2n) is 9.88. The number of amides is 1. The van der Waals surface area contributed by atoms with Crippen molar-refractivity contribution >= 4 is 12.2 Å². The van der Waals surface area contributed by atoms with E-state index in [1.165, 1.54) is 5.57 Å². The Hall–Kier alpha value is -2.83. The summed E-state index contributed by atoms with van der Waals surface area (Å²) < 4.78 is 16.1. The fraction of sp³-hybridized carbons (Fsp3) is 0.621. The number of rotatable bonds is 12. The first-order valence-electron chi connectivity index (χ1n) is 13.6. The second kappa shape index (κ2) is 13.5. The molecule has 36 heavy (non-hydrogen) atoms. The fourth-order valence-electron chi connectivity index (χ4n) is 5.39.